The summed E-state index contributed by atoms with van der Waals surface area (Å²) in [6.07, 6.45) is 3.15. The van der Waals surface area contributed by atoms with Gasteiger partial charge in [-0.15, -0.1) is 0 Å². The van der Waals surface area contributed by atoms with Gasteiger partial charge in [0.1, 0.15) is 0 Å². The fourth-order valence-corrected chi connectivity index (χ4v) is 3.04. The van der Waals surface area contributed by atoms with Crippen LogP contribution < -0.4 is 5.32 Å². The predicted octanol–water partition coefficient (Wildman–Crippen LogP) is 1.40. The van der Waals surface area contributed by atoms with Gasteiger partial charge in [-0.1, -0.05) is 6.92 Å². The van der Waals surface area contributed by atoms with Crippen LogP contribution in [0.4, 0.5) is 0 Å². The van der Waals surface area contributed by atoms with Crippen molar-refractivity contribution in [2.75, 3.05) is 5.75 Å². The molecule has 1 aromatic heterocycles. The van der Waals surface area contributed by atoms with Crippen LogP contribution in [-0.4, -0.2) is 26.8 Å². The van der Waals surface area contributed by atoms with Gasteiger partial charge in [0.25, 0.3) is 0 Å². The molecule has 3 nitrogen and oxygen atoms in total. The zero-order valence-electron chi connectivity index (χ0n) is 8.73. The summed E-state index contributed by atoms with van der Waals surface area (Å²) in [5.41, 5.74) is 1.26. The monoisotopic (exact) mass is 211 g/mol. The lowest BCUT2D eigenvalue weighted by atomic mass is 10.2. The highest BCUT2D eigenvalue weighted by molar-refractivity contribution is 8.00. The van der Waals surface area contributed by atoms with E-state index < -0.39 is 0 Å². The number of aryl methyl sites for hydroxylation is 1. The highest BCUT2D eigenvalue weighted by Gasteiger charge is 2.23. The van der Waals surface area contributed by atoms with Crippen molar-refractivity contribution in [3.63, 3.8) is 0 Å². The summed E-state index contributed by atoms with van der Waals surface area (Å²) in [6.45, 7) is 3.24. The molecular weight excluding hydrogens is 194 g/mol. The van der Waals surface area contributed by atoms with E-state index >= 15 is 0 Å². The summed E-state index contributed by atoms with van der Waals surface area (Å²) < 4.78 is 1.93. The molecule has 0 saturated carbocycles. The van der Waals surface area contributed by atoms with Crippen LogP contribution in [0.5, 0.6) is 0 Å². The van der Waals surface area contributed by atoms with Crippen LogP contribution in [0.3, 0.4) is 0 Å². The number of rotatable bonds is 3. The van der Waals surface area contributed by atoms with Crippen molar-refractivity contribution in [2.24, 2.45) is 7.05 Å². The largest absolute Gasteiger partial charge is 0.307 e. The zero-order valence-corrected chi connectivity index (χ0v) is 9.55. The normalized spacial score (nSPS) is 27.0. The molecule has 1 saturated heterocycles. The van der Waals surface area contributed by atoms with Gasteiger partial charge in [-0.3, -0.25) is 4.68 Å². The molecule has 1 fully saturated rings. The van der Waals surface area contributed by atoms with Crippen LogP contribution in [0.15, 0.2) is 12.3 Å². The fourth-order valence-electron chi connectivity index (χ4n) is 1.81. The molecule has 1 N–H and O–H groups in total. The van der Waals surface area contributed by atoms with Crippen LogP contribution >= 0.6 is 11.8 Å². The highest BCUT2D eigenvalue weighted by Crippen LogP contribution is 2.26. The van der Waals surface area contributed by atoms with E-state index in [0.717, 1.165) is 11.8 Å². The first-order chi connectivity index (χ1) is 6.77. The summed E-state index contributed by atoms with van der Waals surface area (Å²) in [7, 11) is 1.99. The number of hydrogen-bond acceptors (Lipinski definition) is 3. The van der Waals surface area contributed by atoms with E-state index in [2.05, 4.69) is 35.2 Å². The van der Waals surface area contributed by atoms with Crippen molar-refractivity contribution in [1.82, 2.24) is 15.1 Å². The third-order valence-electron chi connectivity index (χ3n) is 2.84. The molecule has 0 spiro atoms. The van der Waals surface area contributed by atoms with E-state index in [1.807, 2.05) is 17.9 Å². The topological polar surface area (TPSA) is 29.9 Å². The van der Waals surface area contributed by atoms with Gasteiger partial charge in [0.15, 0.2) is 0 Å². The van der Waals surface area contributed by atoms with Gasteiger partial charge in [0, 0.05) is 31.1 Å². The Morgan fingerprint density at radius 2 is 2.57 bits per heavy atom. The molecule has 4 heteroatoms. The van der Waals surface area contributed by atoms with Crippen molar-refractivity contribution in [3.8, 4) is 0 Å². The fraction of sp³-hybridized carbons (Fsp3) is 0.700. The Morgan fingerprint density at radius 3 is 3.14 bits per heavy atom. The summed E-state index contributed by atoms with van der Waals surface area (Å²) >= 11 is 2.06. The number of nitrogens with zero attached hydrogens (tertiary/aromatic N) is 2. The van der Waals surface area contributed by atoms with E-state index in [1.54, 1.807) is 0 Å². The Hall–Kier alpha value is -0.480. The standard InChI is InChI=1S/C10H17N3S/c1-8-10(4-6-14-8)11-7-9-3-5-12-13(9)2/h3,5,8,10-11H,4,6-7H2,1-2H3. The van der Waals surface area contributed by atoms with Crippen LogP contribution in [0.1, 0.15) is 19.0 Å². The Labute approximate surface area is 89.3 Å². The molecule has 0 amide bonds. The quantitative estimate of drug-likeness (QED) is 0.819. The summed E-state index contributed by atoms with van der Waals surface area (Å²) in [6, 6.07) is 2.75. The first-order valence-corrected chi connectivity index (χ1v) is 6.14. The maximum absolute atomic E-state index is 4.15. The molecule has 0 aliphatic carbocycles. The lowest BCUT2D eigenvalue weighted by Gasteiger charge is -2.16. The molecular formula is C10H17N3S. The van der Waals surface area contributed by atoms with E-state index in [9.17, 15) is 0 Å². The minimum atomic E-state index is 0.676. The van der Waals surface area contributed by atoms with E-state index in [-0.39, 0.29) is 0 Å². The van der Waals surface area contributed by atoms with Crippen molar-refractivity contribution in [3.05, 3.63) is 18.0 Å². The second-order valence-corrected chi connectivity index (χ2v) is 5.28. The van der Waals surface area contributed by atoms with Crippen molar-refractivity contribution >= 4 is 11.8 Å². The molecule has 14 heavy (non-hydrogen) atoms. The Bertz CT molecular complexity index is 297. The molecule has 2 unspecified atom stereocenters. The van der Waals surface area contributed by atoms with Gasteiger partial charge in [0.05, 0.1) is 5.69 Å². The van der Waals surface area contributed by atoms with Crippen molar-refractivity contribution in [1.29, 1.82) is 0 Å². The minimum Gasteiger partial charge on any atom is -0.307 e. The van der Waals surface area contributed by atoms with Crippen LogP contribution in [0, 0.1) is 0 Å². The van der Waals surface area contributed by atoms with Gasteiger partial charge < -0.3 is 5.32 Å². The first kappa shape index (κ1) is 10.1. The smallest absolute Gasteiger partial charge is 0.0518 e. The average molecular weight is 211 g/mol. The molecule has 0 radical (unpaired) electrons. The molecule has 0 bridgehead atoms. The number of nitrogens with one attached hydrogen (secondary N) is 1. The molecule has 2 heterocycles. The number of hydrogen-bond donors (Lipinski definition) is 1. The number of aromatic nitrogens is 2. The van der Waals surface area contributed by atoms with Gasteiger partial charge in [-0.25, -0.2) is 0 Å². The second kappa shape index (κ2) is 4.36. The van der Waals surface area contributed by atoms with Gasteiger partial charge in [0.2, 0.25) is 0 Å². The molecule has 0 aromatic carbocycles. The number of thioether (sulfide) groups is 1. The van der Waals surface area contributed by atoms with Gasteiger partial charge >= 0.3 is 0 Å². The summed E-state index contributed by atoms with van der Waals surface area (Å²) in [4.78, 5) is 0. The van der Waals surface area contributed by atoms with Gasteiger partial charge in [-0.05, 0) is 18.2 Å². The highest BCUT2D eigenvalue weighted by atomic mass is 32.2. The van der Waals surface area contributed by atoms with Gasteiger partial charge in [-0.2, -0.15) is 16.9 Å². The molecule has 1 aliphatic heterocycles. The maximum Gasteiger partial charge on any atom is 0.0518 e. The zero-order chi connectivity index (χ0) is 9.97. The molecule has 1 aromatic rings. The van der Waals surface area contributed by atoms with Crippen LogP contribution in [-0.2, 0) is 13.6 Å². The Balaban J connectivity index is 1.85. The first-order valence-electron chi connectivity index (χ1n) is 5.09. The van der Waals surface area contributed by atoms with E-state index in [1.165, 1.54) is 17.9 Å². The van der Waals surface area contributed by atoms with Crippen LogP contribution in [0.25, 0.3) is 0 Å². The van der Waals surface area contributed by atoms with E-state index in [0.29, 0.717) is 6.04 Å². The molecule has 78 valence electrons. The van der Waals surface area contributed by atoms with Crippen molar-refractivity contribution in [2.45, 2.75) is 31.2 Å². The van der Waals surface area contributed by atoms with E-state index in [4.69, 9.17) is 0 Å². The Kier molecular flexibility index (Phi) is 3.13. The Morgan fingerprint density at radius 1 is 1.71 bits per heavy atom. The second-order valence-electron chi connectivity index (χ2n) is 3.80. The average Bonchev–Trinajstić information content (AvgIpc) is 2.72. The van der Waals surface area contributed by atoms with Crippen LogP contribution in [0.2, 0.25) is 0 Å². The minimum absolute atomic E-state index is 0.676. The van der Waals surface area contributed by atoms with Crippen molar-refractivity contribution < 1.29 is 0 Å². The third kappa shape index (κ3) is 2.12. The summed E-state index contributed by atoms with van der Waals surface area (Å²) in [5.74, 6) is 1.30. The molecule has 2 rings (SSSR count). The maximum atomic E-state index is 4.15. The molecule has 2 atom stereocenters. The predicted molar refractivity (Wildman–Crippen MR) is 60.4 cm³/mol. The molecule has 1 aliphatic rings. The lowest BCUT2D eigenvalue weighted by molar-refractivity contribution is 0.498. The third-order valence-corrected chi connectivity index (χ3v) is 4.17. The summed E-state index contributed by atoms with van der Waals surface area (Å²) in [5, 5.41) is 8.50. The lowest BCUT2D eigenvalue weighted by Crippen LogP contribution is -2.33. The SMILES string of the molecule is CC1SCCC1NCc1ccnn1C.